The quantitative estimate of drug-likeness (QED) is 0.652. The van der Waals surface area contributed by atoms with Crippen molar-refractivity contribution in [1.82, 2.24) is 10.3 Å². The Labute approximate surface area is 149 Å². The summed E-state index contributed by atoms with van der Waals surface area (Å²) >= 11 is 6.01. The summed E-state index contributed by atoms with van der Waals surface area (Å²) in [6, 6.07) is 12.9. The molecule has 3 rings (SSSR count). The van der Waals surface area contributed by atoms with Crippen LogP contribution in [0.25, 0.3) is 10.9 Å². The molecule has 6 heteroatoms. The molecule has 5 nitrogen and oxygen atoms in total. The molecule has 0 aliphatic carbocycles. The van der Waals surface area contributed by atoms with Crippen molar-refractivity contribution in [2.45, 2.75) is 19.9 Å². The molecule has 3 aromatic rings. The Bertz CT molecular complexity index is 945. The molecule has 3 N–H and O–H groups in total. The van der Waals surface area contributed by atoms with Crippen LogP contribution in [-0.2, 0) is 17.8 Å². The minimum absolute atomic E-state index is 0.0164. The molecule has 0 fully saturated rings. The molecular weight excluding hydrogens is 340 g/mol. The number of aromatic amines is 1. The predicted molar refractivity (Wildman–Crippen MR) is 97.0 cm³/mol. The Balaban J connectivity index is 1.80. The van der Waals surface area contributed by atoms with Gasteiger partial charge in [-0.1, -0.05) is 41.4 Å². The van der Waals surface area contributed by atoms with Gasteiger partial charge in [0.05, 0.1) is 6.42 Å². The van der Waals surface area contributed by atoms with Crippen LogP contribution >= 0.6 is 11.6 Å². The number of carbonyl (C=O) groups excluding carboxylic acids is 1. The fourth-order valence-electron chi connectivity index (χ4n) is 2.72. The Morgan fingerprint density at radius 1 is 1.16 bits per heavy atom. The molecule has 128 valence electrons. The second-order valence-corrected chi connectivity index (χ2v) is 6.35. The molecule has 0 aliphatic rings. The number of benzene rings is 2. The first-order chi connectivity index (χ1) is 11.9. The number of rotatable bonds is 5. The van der Waals surface area contributed by atoms with E-state index in [0.717, 1.165) is 11.1 Å². The maximum atomic E-state index is 12.3. The number of fused-ring (bicyclic) bond motifs is 1. The van der Waals surface area contributed by atoms with Crippen LogP contribution in [0.5, 0.6) is 0 Å². The monoisotopic (exact) mass is 356 g/mol. The molecule has 0 unspecified atom stereocenters. The summed E-state index contributed by atoms with van der Waals surface area (Å²) in [6.07, 6.45) is -0.0339. The summed E-state index contributed by atoms with van der Waals surface area (Å²) in [5.41, 5.74) is 3.23. The van der Waals surface area contributed by atoms with E-state index >= 15 is 0 Å². The van der Waals surface area contributed by atoms with Crippen molar-refractivity contribution in [3.05, 3.63) is 69.9 Å². The first kappa shape index (κ1) is 17.0. The number of carboxylic acids is 1. The topological polar surface area (TPSA) is 82.2 Å². The average Bonchev–Trinajstić information content (AvgIpc) is 2.92. The van der Waals surface area contributed by atoms with Crippen molar-refractivity contribution in [1.29, 1.82) is 0 Å². The van der Waals surface area contributed by atoms with Gasteiger partial charge in [-0.2, -0.15) is 0 Å². The smallest absolute Gasteiger partial charge is 0.352 e. The van der Waals surface area contributed by atoms with Crippen LogP contribution in [0.2, 0.25) is 5.02 Å². The third-order valence-corrected chi connectivity index (χ3v) is 4.26. The van der Waals surface area contributed by atoms with Gasteiger partial charge in [-0.05, 0) is 30.7 Å². The Kier molecular flexibility index (Phi) is 4.76. The molecule has 0 bridgehead atoms. The number of aromatic nitrogens is 1. The maximum Gasteiger partial charge on any atom is 0.352 e. The van der Waals surface area contributed by atoms with Crippen molar-refractivity contribution < 1.29 is 14.7 Å². The molecule has 2 aromatic carbocycles. The average molecular weight is 357 g/mol. The van der Waals surface area contributed by atoms with Crippen LogP contribution in [0.3, 0.4) is 0 Å². The van der Waals surface area contributed by atoms with Gasteiger partial charge in [-0.25, -0.2) is 4.79 Å². The summed E-state index contributed by atoms with van der Waals surface area (Å²) in [7, 11) is 0. The maximum absolute atomic E-state index is 12.3. The third-order valence-electron chi connectivity index (χ3n) is 4.03. The lowest BCUT2D eigenvalue weighted by Gasteiger charge is -2.06. The number of carboxylic acid groups (broad SMARTS) is 1. The fourth-order valence-corrected chi connectivity index (χ4v) is 2.89. The fraction of sp³-hybridized carbons (Fsp3) is 0.158. The highest BCUT2D eigenvalue weighted by atomic mass is 35.5. The van der Waals surface area contributed by atoms with E-state index in [2.05, 4.69) is 10.3 Å². The normalized spacial score (nSPS) is 10.8. The zero-order valence-corrected chi connectivity index (χ0v) is 14.4. The molecule has 0 saturated carbocycles. The van der Waals surface area contributed by atoms with Gasteiger partial charge < -0.3 is 15.4 Å². The highest BCUT2D eigenvalue weighted by Gasteiger charge is 2.19. The van der Waals surface area contributed by atoms with Crippen LogP contribution in [-0.4, -0.2) is 22.0 Å². The number of hydrogen-bond acceptors (Lipinski definition) is 2. The van der Waals surface area contributed by atoms with Gasteiger partial charge in [0.1, 0.15) is 5.69 Å². The van der Waals surface area contributed by atoms with Gasteiger partial charge in [0.2, 0.25) is 5.91 Å². The van der Waals surface area contributed by atoms with Crippen molar-refractivity contribution in [2.24, 2.45) is 0 Å². The second-order valence-electron chi connectivity index (χ2n) is 5.91. The number of amides is 1. The molecule has 1 aromatic heterocycles. The number of aryl methyl sites for hydroxylation is 1. The summed E-state index contributed by atoms with van der Waals surface area (Å²) < 4.78 is 0. The van der Waals surface area contributed by atoms with Gasteiger partial charge in [-0.15, -0.1) is 0 Å². The van der Waals surface area contributed by atoms with Crippen LogP contribution in [0, 0.1) is 6.92 Å². The minimum Gasteiger partial charge on any atom is -0.477 e. The summed E-state index contributed by atoms with van der Waals surface area (Å²) in [4.78, 5) is 26.6. The molecule has 25 heavy (non-hydrogen) atoms. The molecule has 0 radical (unpaired) electrons. The van der Waals surface area contributed by atoms with Crippen molar-refractivity contribution in [3.63, 3.8) is 0 Å². The number of halogens is 1. The van der Waals surface area contributed by atoms with Crippen molar-refractivity contribution >= 4 is 34.4 Å². The molecule has 0 atom stereocenters. The zero-order valence-electron chi connectivity index (χ0n) is 13.6. The van der Waals surface area contributed by atoms with E-state index in [1.807, 2.05) is 31.2 Å². The summed E-state index contributed by atoms with van der Waals surface area (Å²) in [5.74, 6) is -1.35. The number of nitrogens with one attached hydrogen (secondary N) is 2. The largest absolute Gasteiger partial charge is 0.477 e. The summed E-state index contributed by atoms with van der Waals surface area (Å²) in [5, 5.41) is 13.3. The van der Waals surface area contributed by atoms with Crippen LogP contribution < -0.4 is 5.32 Å². The molecule has 0 spiro atoms. The molecule has 0 saturated heterocycles. The number of hydrogen-bond donors (Lipinski definition) is 3. The lowest BCUT2D eigenvalue weighted by molar-refractivity contribution is -0.120. The third kappa shape index (κ3) is 3.83. The highest BCUT2D eigenvalue weighted by molar-refractivity contribution is 6.31. The summed E-state index contributed by atoms with van der Waals surface area (Å²) in [6.45, 7) is 2.39. The lowest BCUT2D eigenvalue weighted by atomic mass is 10.1. The number of aromatic carboxylic acids is 1. The molecule has 1 amide bonds. The van der Waals surface area contributed by atoms with E-state index in [0.29, 0.717) is 28.0 Å². The van der Waals surface area contributed by atoms with Crippen LogP contribution in [0.4, 0.5) is 0 Å². The van der Waals surface area contributed by atoms with E-state index in [1.165, 1.54) is 0 Å². The first-order valence-electron chi connectivity index (χ1n) is 7.79. The highest BCUT2D eigenvalue weighted by Crippen LogP contribution is 2.26. The van der Waals surface area contributed by atoms with Crippen molar-refractivity contribution in [3.8, 4) is 0 Å². The first-order valence-corrected chi connectivity index (χ1v) is 8.17. The molecule has 1 heterocycles. The predicted octanol–water partition coefficient (Wildman–Crippen LogP) is 3.69. The van der Waals surface area contributed by atoms with Gasteiger partial charge in [0.25, 0.3) is 0 Å². The Morgan fingerprint density at radius 2 is 1.88 bits per heavy atom. The Morgan fingerprint density at radius 3 is 2.56 bits per heavy atom. The van der Waals surface area contributed by atoms with E-state index in [-0.39, 0.29) is 18.0 Å². The number of carbonyl (C=O) groups is 2. The minimum atomic E-state index is -1.10. The lowest BCUT2D eigenvalue weighted by Crippen LogP contribution is -2.25. The van der Waals surface area contributed by atoms with E-state index in [9.17, 15) is 14.7 Å². The number of H-pyrrole nitrogens is 1. The Hall–Kier alpha value is -2.79. The van der Waals surface area contributed by atoms with E-state index in [4.69, 9.17) is 11.6 Å². The SMILES string of the molecule is Cc1ccc(CNC(=O)Cc2c(C(=O)O)[nH]c3ccc(Cl)cc23)cc1. The van der Waals surface area contributed by atoms with E-state index < -0.39 is 5.97 Å². The van der Waals surface area contributed by atoms with Gasteiger partial charge >= 0.3 is 5.97 Å². The van der Waals surface area contributed by atoms with E-state index in [1.54, 1.807) is 18.2 Å². The van der Waals surface area contributed by atoms with Gasteiger partial charge in [-0.3, -0.25) is 4.79 Å². The van der Waals surface area contributed by atoms with Gasteiger partial charge in [0.15, 0.2) is 0 Å². The van der Waals surface area contributed by atoms with Gasteiger partial charge in [0, 0.05) is 28.0 Å². The second kappa shape index (κ2) is 6.99. The standard InChI is InChI=1S/C19H17ClN2O3/c1-11-2-4-12(5-3-11)10-21-17(23)9-15-14-8-13(20)6-7-16(14)22-18(15)19(24)25/h2-8,22H,9-10H2,1H3,(H,21,23)(H,24,25). The van der Waals surface area contributed by atoms with Crippen LogP contribution in [0.15, 0.2) is 42.5 Å². The molecular formula is C19H17ClN2O3. The van der Waals surface area contributed by atoms with Crippen molar-refractivity contribution in [2.75, 3.05) is 0 Å². The zero-order chi connectivity index (χ0) is 18.0. The molecule has 0 aliphatic heterocycles. The van der Waals surface area contributed by atoms with Crippen LogP contribution in [0.1, 0.15) is 27.2 Å².